The molecule has 2 aromatic heterocycles. The van der Waals surface area contributed by atoms with Crippen LogP contribution in [0.3, 0.4) is 0 Å². The summed E-state index contributed by atoms with van der Waals surface area (Å²) in [5.41, 5.74) is 2.49. The van der Waals surface area contributed by atoms with E-state index in [9.17, 15) is 13.2 Å². The second kappa shape index (κ2) is 10.3. The highest BCUT2D eigenvalue weighted by molar-refractivity contribution is 7.89. The Kier molecular flexibility index (Phi) is 7.16. The summed E-state index contributed by atoms with van der Waals surface area (Å²) < 4.78 is 28.4. The van der Waals surface area contributed by atoms with Gasteiger partial charge in [0.25, 0.3) is 5.91 Å². The fourth-order valence-electron chi connectivity index (χ4n) is 3.73. The molecule has 2 N–H and O–H groups in total. The van der Waals surface area contributed by atoms with Gasteiger partial charge in [-0.1, -0.05) is 24.3 Å². The Labute approximate surface area is 216 Å². The maximum atomic E-state index is 13.3. The normalized spacial score (nSPS) is 11.5. The predicted octanol–water partition coefficient (Wildman–Crippen LogP) is 5.01. The number of rotatable bonds is 6. The van der Waals surface area contributed by atoms with Gasteiger partial charge in [0.05, 0.1) is 27.8 Å². The summed E-state index contributed by atoms with van der Waals surface area (Å²) in [4.78, 5) is 22.2. The van der Waals surface area contributed by atoms with E-state index in [0.29, 0.717) is 33.5 Å². The Morgan fingerprint density at radius 2 is 1.59 bits per heavy atom. The van der Waals surface area contributed by atoms with Crippen molar-refractivity contribution >= 4 is 21.7 Å². The van der Waals surface area contributed by atoms with Gasteiger partial charge in [-0.3, -0.25) is 9.78 Å². The van der Waals surface area contributed by atoms with Crippen molar-refractivity contribution < 1.29 is 13.2 Å². The zero-order valence-electron chi connectivity index (χ0n) is 20.6. The van der Waals surface area contributed by atoms with Gasteiger partial charge in [0.2, 0.25) is 10.0 Å². The quantitative estimate of drug-likeness (QED) is 0.375. The molecule has 4 rings (SSSR count). The van der Waals surface area contributed by atoms with E-state index in [1.807, 2.05) is 0 Å². The molecular formula is C28H25N5O3S. The molecular weight excluding hydrogens is 486 g/mol. The van der Waals surface area contributed by atoms with Crippen LogP contribution in [0, 0.1) is 11.3 Å². The number of aromatic nitrogens is 2. The lowest BCUT2D eigenvalue weighted by Gasteiger charge is -2.20. The number of nitrogens with zero attached hydrogens (tertiary/aromatic N) is 3. The van der Waals surface area contributed by atoms with Crippen molar-refractivity contribution in [2.24, 2.45) is 0 Å². The Bertz CT molecular complexity index is 1600. The summed E-state index contributed by atoms with van der Waals surface area (Å²) >= 11 is 0. The zero-order valence-corrected chi connectivity index (χ0v) is 21.4. The van der Waals surface area contributed by atoms with Crippen LogP contribution < -0.4 is 10.0 Å². The Balaban J connectivity index is 1.68. The maximum Gasteiger partial charge on any atom is 0.259 e. The number of hydrogen-bond donors (Lipinski definition) is 2. The number of pyridine rings is 2. The summed E-state index contributed by atoms with van der Waals surface area (Å²) in [6.45, 7) is 5.31. The smallest absolute Gasteiger partial charge is 0.259 e. The largest absolute Gasteiger partial charge is 0.306 e. The van der Waals surface area contributed by atoms with Crippen molar-refractivity contribution in [1.82, 2.24) is 14.7 Å². The van der Waals surface area contributed by atoms with Crippen molar-refractivity contribution in [3.8, 4) is 28.5 Å². The van der Waals surface area contributed by atoms with E-state index in [0.717, 1.165) is 0 Å². The van der Waals surface area contributed by atoms with Gasteiger partial charge in [-0.2, -0.15) is 5.26 Å². The van der Waals surface area contributed by atoms with Crippen LogP contribution in [0.4, 0.5) is 5.82 Å². The Morgan fingerprint density at radius 3 is 2.30 bits per heavy atom. The van der Waals surface area contributed by atoms with Gasteiger partial charge in [-0.15, -0.1) is 0 Å². The molecule has 1 amide bonds. The van der Waals surface area contributed by atoms with Gasteiger partial charge in [0.1, 0.15) is 5.82 Å². The molecule has 0 unspecified atom stereocenters. The minimum atomic E-state index is -3.75. The number of benzene rings is 2. The average Bonchev–Trinajstić information content (AvgIpc) is 2.88. The maximum absolute atomic E-state index is 13.3. The van der Waals surface area contributed by atoms with Crippen LogP contribution in [-0.2, 0) is 10.0 Å². The Hall–Kier alpha value is -4.39. The van der Waals surface area contributed by atoms with Gasteiger partial charge in [-0.05, 0) is 74.9 Å². The highest BCUT2D eigenvalue weighted by Crippen LogP contribution is 2.29. The summed E-state index contributed by atoms with van der Waals surface area (Å²) in [5.74, 6) is -0.147. The molecule has 8 nitrogen and oxygen atoms in total. The number of carbonyl (C=O) groups excluding carboxylic acids is 1. The van der Waals surface area contributed by atoms with Crippen LogP contribution in [0.25, 0.3) is 22.4 Å². The number of carbonyl (C=O) groups is 1. The summed E-state index contributed by atoms with van der Waals surface area (Å²) in [6.07, 6.45) is 3.14. The molecule has 2 heterocycles. The van der Waals surface area contributed by atoms with Gasteiger partial charge in [0.15, 0.2) is 0 Å². The molecule has 2 aromatic carbocycles. The Morgan fingerprint density at radius 1 is 0.892 bits per heavy atom. The first-order chi connectivity index (χ1) is 17.6. The number of hydrogen-bond acceptors (Lipinski definition) is 6. The summed E-state index contributed by atoms with van der Waals surface area (Å²) in [7, 11) is -3.75. The van der Waals surface area contributed by atoms with Gasteiger partial charge < -0.3 is 5.32 Å². The van der Waals surface area contributed by atoms with Crippen LogP contribution in [0.15, 0.2) is 90.1 Å². The first-order valence-electron chi connectivity index (χ1n) is 11.4. The second-order valence-corrected chi connectivity index (χ2v) is 11.0. The molecule has 0 saturated carbocycles. The molecule has 0 aliphatic carbocycles. The van der Waals surface area contributed by atoms with Gasteiger partial charge in [0, 0.05) is 29.1 Å². The van der Waals surface area contributed by atoms with E-state index in [-0.39, 0.29) is 10.7 Å². The SMILES string of the molecule is CC(C)(C)NS(=O)(=O)c1cccc(-c2cccnc2NC(=O)c2cccnc2-c2ccc(C#N)cc2)c1. The van der Waals surface area contributed by atoms with E-state index in [4.69, 9.17) is 5.26 Å². The lowest BCUT2D eigenvalue weighted by atomic mass is 10.0. The predicted molar refractivity (Wildman–Crippen MR) is 142 cm³/mol. The molecule has 0 radical (unpaired) electrons. The fourth-order valence-corrected chi connectivity index (χ4v) is 5.19. The summed E-state index contributed by atoms with van der Waals surface area (Å²) in [5, 5.41) is 11.9. The number of amides is 1. The molecule has 9 heteroatoms. The number of nitriles is 1. The monoisotopic (exact) mass is 511 g/mol. The highest BCUT2D eigenvalue weighted by atomic mass is 32.2. The topological polar surface area (TPSA) is 125 Å². The lowest BCUT2D eigenvalue weighted by Crippen LogP contribution is -2.40. The van der Waals surface area contributed by atoms with E-state index < -0.39 is 21.5 Å². The fraction of sp³-hybridized carbons (Fsp3) is 0.143. The van der Waals surface area contributed by atoms with Crippen molar-refractivity contribution in [3.63, 3.8) is 0 Å². The lowest BCUT2D eigenvalue weighted by molar-refractivity contribution is 0.102. The third-order valence-electron chi connectivity index (χ3n) is 5.28. The minimum absolute atomic E-state index is 0.108. The molecule has 0 bridgehead atoms. The second-order valence-electron chi connectivity index (χ2n) is 9.33. The number of sulfonamides is 1. The molecule has 0 saturated heterocycles. The molecule has 0 aliphatic rings. The molecule has 4 aromatic rings. The standard InChI is InChI=1S/C28H25N5O3S/c1-28(2,3)33-37(35,36)22-8-4-7-21(17-22)23-9-5-16-31-26(23)32-27(34)24-10-6-15-30-25(24)20-13-11-19(18-29)12-14-20/h4-17,33H,1-3H3,(H,31,32,34). The highest BCUT2D eigenvalue weighted by Gasteiger charge is 2.23. The number of anilines is 1. The molecule has 0 atom stereocenters. The van der Waals surface area contributed by atoms with Crippen molar-refractivity contribution in [3.05, 3.63) is 96.3 Å². The van der Waals surface area contributed by atoms with Gasteiger partial charge in [-0.25, -0.2) is 18.1 Å². The van der Waals surface area contributed by atoms with Crippen molar-refractivity contribution in [2.45, 2.75) is 31.2 Å². The van der Waals surface area contributed by atoms with Crippen molar-refractivity contribution in [1.29, 1.82) is 5.26 Å². The van der Waals surface area contributed by atoms with E-state index in [2.05, 4.69) is 26.1 Å². The number of nitrogens with one attached hydrogen (secondary N) is 2. The van der Waals surface area contributed by atoms with Crippen LogP contribution in [-0.4, -0.2) is 29.8 Å². The molecule has 37 heavy (non-hydrogen) atoms. The van der Waals surface area contributed by atoms with Gasteiger partial charge >= 0.3 is 0 Å². The van der Waals surface area contributed by atoms with Crippen LogP contribution >= 0.6 is 0 Å². The van der Waals surface area contributed by atoms with E-state index in [1.165, 1.54) is 6.07 Å². The zero-order chi connectivity index (χ0) is 26.6. The first-order valence-corrected chi connectivity index (χ1v) is 12.9. The van der Waals surface area contributed by atoms with Crippen molar-refractivity contribution in [2.75, 3.05) is 5.32 Å². The third kappa shape index (κ3) is 6.06. The van der Waals surface area contributed by atoms with Crippen LogP contribution in [0.5, 0.6) is 0 Å². The molecule has 186 valence electrons. The molecule has 0 fully saturated rings. The van der Waals surface area contributed by atoms with Crippen LogP contribution in [0.1, 0.15) is 36.7 Å². The molecule has 0 aliphatic heterocycles. The average molecular weight is 512 g/mol. The molecule has 0 spiro atoms. The van der Waals surface area contributed by atoms with E-state index >= 15 is 0 Å². The summed E-state index contributed by atoms with van der Waals surface area (Å²) in [6, 6.07) is 22.1. The van der Waals surface area contributed by atoms with Crippen LogP contribution in [0.2, 0.25) is 0 Å². The van der Waals surface area contributed by atoms with E-state index in [1.54, 1.807) is 99.9 Å². The first kappa shape index (κ1) is 25.7. The minimum Gasteiger partial charge on any atom is -0.306 e. The third-order valence-corrected chi connectivity index (χ3v) is 7.03.